The van der Waals surface area contributed by atoms with E-state index in [1.807, 2.05) is 0 Å². The van der Waals surface area contributed by atoms with Gasteiger partial charge in [0.1, 0.15) is 0 Å². The van der Waals surface area contributed by atoms with Crippen LogP contribution in [0.25, 0.3) is 0 Å². The Kier molecular flexibility index (Phi) is 5.99. The van der Waals surface area contributed by atoms with Gasteiger partial charge >= 0.3 is 0 Å². The van der Waals surface area contributed by atoms with Crippen LogP contribution in [0.5, 0.6) is 0 Å². The standard InChI is InChI=1S/C21H33N3O3/c22-6-11-27-20-15-19(25)21(20)4-7-23(8-5-21)16-17-2-1-3-18(14-17)24-9-12-26-13-10-24/h1-3,14,19-20,25H,4-13,15-16,22H2/t19-,20+/m1/s1. The van der Waals surface area contributed by atoms with Gasteiger partial charge in [0.25, 0.3) is 0 Å². The molecule has 2 saturated heterocycles. The molecule has 6 heteroatoms. The molecule has 2 heterocycles. The van der Waals surface area contributed by atoms with Crippen molar-refractivity contribution in [3.63, 3.8) is 0 Å². The SMILES string of the molecule is NCCO[C@H]1C[C@@H](O)C12CCN(Cc1cccc(N3CCOCC3)c1)CC2. The molecule has 1 spiro atoms. The largest absolute Gasteiger partial charge is 0.392 e. The lowest BCUT2D eigenvalue weighted by Crippen LogP contribution is -2.62. The number of hydrogen-bond donors (Lipinski definition) is 2. The van der Waals surface area contributed by atoms with Gasteiger partial charge in [-0.25, -0.2) is 0 Å². The van der Waals surface area contributed by atoms with Crippen molar-refractivity contribution in [1.29, 1.82) is 0 Å². The molecule has 1 aromatic rings. The first-order chi connectivity index (χ1) is 13.2. The summed E-state index contributed by atoms with van der Waals surface area (Å²) in [5, 5.41) is 10.4. The van der Waals surface area contributed by atoms with E-state index >= 15 is 0 Å². The number of aliphatic hydroxyl groups excluding tert-OH is 1. The zero-order chi connectivity index (χ0) is 18.7. The van der Waals surface area contributed by atoms with Gasteiger partial charge in [0.15, 0.2) is 0 Å². The maximum absolute atomic E-state index is 10.4. The van der Waals surface area contributed by atoms with Crippen LogP contribution in [0.15, 0.2) is 24.3 Å². The van der Waals surface area contributed by atoms with Gasteiger partial charge in [0, 0.05) is 43.7 Å². The Morgan fingerprint density at radius 3 is 2.67 bits per heavy atom. The van der Waals surface area contributed by atoms with Crippen molar-refractivity contribution in [3.05, 3.63) is 29.8 Å². The molecule has 3 N–H and O–H groups in total. The van der Waals surface area contributed by atoms with Crippen molar-refractivity contribution in [1.82, 2.24) is 4.90 Å². The smallest absolute Gasteiger partial charge is 0.0682 e. The van der Waals surface area contributed by atoms with Crippen LogP contribution >= 0.6 is 0 Å². The van der Waals surface area contributed by atoms with Crippen molar-refractivity contribution in [2.75, 3.05) is 57.4 Å². The Bertz CT molecular complexity index is 612. The van der Waals surface area contributed by atoms with Crippen molar-refractivity contribution < 1.29 is 14.6 Å². The summed E-state index contributed by atoms with van der Waals surface area (Å²) in [4.78, 5) is 4.91. The minimum absolute atomic E-state index is 0.0404. The van der Waals surface area contributed by atoms with E-state index in [1.54, 1.807) is 0 Å². The number of aliphatic hydroxyl groups is 1. The maximum Gasteiger partial charge on any atom is 0.0682 e. The fourth-order valence-corrected chi connectivity index (χ4v) is 4.88. The van der Waals surface area contributed by atoms with Gasteiger partial charge in [-0.15, -0.1) is 0 Å². The van der Waals surface area contributed by atoms with Crippen molar-refractivity contribution in [3.8, 4) is 0 Å². The predicted molar refractivity (Wildman–Crippen MR) is 106 cm³/mol. The molecule has 2 atom stereocenters. The zero-order valence-electron chi connectivity index (χ0n) is 16.2. The van der Waals surface area contributed by atoms with Crippen LogP contribution in [-0.4, -0.2) is 74.8 Å². The Morgan fingerprint density at radius 1 is 1.19 bits per heavy atom. The lowest BCUT2D eigenvalue weighted by molar-refractivity contribution is -0.210. The van der Waals surface area contributed by atoms with Crippen molar-refractivity contribution >= 4 is 5.69 Å². The fourth-order valence-electron chi connectivity index (χ4n) is 4.88. The van der Waals surface area contributed by atoms with E-state index in [9.17, 15) is 5.11 Å². The molecule has 0 aromatic heterocycles. The first kappa shape index (κ1) is 19.2. The number of piperidine rings is 1. The Morgan fingerprint density at radius 2 is 1.96 bits per heavy atom. The molecule has 0 unspecified atom stereocenters. The summed E-state index contributed by atoms with van der Waals surface area (Å²) in [6.45, 7) is 7.71. The van der Waals surface area contributed by atoms with Crippen LogP contribution in [0.2, 0.25) is 0 Å². The maximum atomic E-state index is 10.4. The normalized spacial score (nSPS) is 28.3. The number of morpholine rings is 1. The fraction of sp³-hybridized carbons (Fsp3) is 0.714. The van der Waals surface area contributed by atoms with Gasteiger partial charge in [0.2, 0.25) is 0 Å². The highest BCUT2D eigenvalue weighted by molar-refractivity contribution is 5.49. The van der Waals surface area contributed by atoms with E-state index in [2.05, 4.69) is 34.1 Å². The van der Waals surface area contributed by atoms with E-state index < -0.39 is 0 Å². The summed E-state index contributed by atoms with van der Waals surface area (Å²) in [5.41, 5.74) is 8.20. The molecule has 1 aromatic carbocycles. The summed E-state index contributed by atoms with van der Waals surface area (Å²) in [7, 11) is 0. The first-order valence-corrected chi connectivity index (χ1v) is 10.3. The number of nitrogens with two attached hydrogens (primary N) is 1. The molecule has 6 nitrogen and oxygen atoms in total. The Balaban J connectivity index is 1.33. The summed E-state index contributed by atoms with van der Waals surface area (Å²) in [6.07, 6.45) is 2.75. The van der Waals surface area contributed by atoms with Gasteiger partial charge in [-0.2, -0.15) is 0 Å². The molecule has 1 saturated carbocycles. The molecule has 2 aliphatic heterocycles. The number of ether oxygens (including phenoxy) is 2. The van der Waals surface area contributed by atoms with Crippen LogP contribution in [0.3, 0.4) is 0 Å². The summed E-state index contributed by atoms with van der Waals surface area (Å²) in [5.74, 6) is 0. The van der Waals surface area contributed by atoms with Crippen LogP contribution in [0.4, 0.5) is 5.69 Å². The lowest BCUT2D eigenvalue weighted by Gasteiger charge is -2.56. The second kappa shape index (κ2) is 8.45. The molecular formula is C21H33N3O3. The molecule has 0 bridgehead atoms. The quantitative estimate of drug-likeness (QED) is 0.779. The van der Waals surface area contributed by atoms with E-state index in [4.69, 9.17) is 15.2 Å². The van der Waals surface area contributed by atoms with Crippen LogP contribution < -0.4 is 10.6 Å². The minimum Gasteiger partial charge on any atom is -0.392 e. The van der Waals surface area contributed by atoms with Gasteiger partial charge in [-0.1, -0.05) is 12.1 Å². The molecule has 0 amide bonds. The monoisotopic (exact) mass is 375 g/mol. The number of rotatable bonds is 6. The van der Waals surface area contributed by atoms with Gasteiger partial charge in [-0.05, 0) is 43.6 Å². The average Bonchev–Trinajstić information content (AvgIpc) is 2.72. The Hall–Kier alpha value is -1.18. The van der Waals surface area contributed by atoms with Gasteiger partial charge < -0.3 is 25.2 Å². The van der Waals surface area contributed by atoms with E-state index in [0.717, 1.165) is 65.2 Å². The summed E-state index contributed by atoms with van der Waals surface area (Å²) >= 11 is 0. The molecule has 27 heavy (non-hydrogen) atoms. The highest BCUT2D eigenvalue weighted by Crippen LogP contribution is 2.51. The number of hydrogen-bond acceptors (Lipinski definition) is 6. The average molecular weight is 376 g/mol. The van der Waals surface area contributed by atoms with Crippen LogP contribution in [-0.2, 0) is 16.0 Å². The number of likely N-dealkylation sites (tertiary alicyclic amines) is 1. The molecular weight excluding hydrogens is 342 g/mol. The van der Waals surface area contributed by atoms with Gasteiger partial charge in [0.05, 0.1) is 32.0 Å². The third-order valence-electron chi connectivity index (χ3n) is 6.66. The molecule has 3 aliphatic rings. The molecule has 1 aliphatic carbocycles. The Labute approximate surface area is 162 Å². The highest BCUT2D eigenvalue weighted by Gasteiger charge is 2.55. The topological polar surface area (TPSA) is 71.2 Å². The number of nitrogens with zero attached hydrogens (tertiary/aromatic N) is 2. The highest BCUT2D eigenvalue weighted by atomic mass is 16.5. The third-order valence-corrected chi connectivity index (χ3v) is 6.66. The first-order valence-electron chi connectivity index (χ1n) is 10.3. The summed E-state index contributed by atoms with van der Waals surface area (Å²) in [6, 6.07) is 8.91. The van der Waals surface area contributed by atoms with Crippen LogP contribution in [0, 0.1) is 5.41 Å². The van der Waals surface area contributed by atoms with Gasteiger partial charge in [-0.3, -0.25) is 4.90 Å². The van der Waals surface area contributed by atoms with E-state index in [0.29, 0.717) is 13.2 Å². The van der Waals surface area contributed by atoms with Crippen LogP contribution in [0.1, 0.15) is 24.8 Å². The molecule has 150 valence electrons. The van der Waals surface area contributed by atoms with E-state index in [-0.39, 0.29) is 17.6 Å². The lowest BCUT2D eigenvalue weighted by atomic mass is 9.58. The third kappa shape index (κ3) is 4.00. The number of benzene rings is 1. The van der Waals surface area contributed by atoms with Crippen molar-refractivity contribution in [2.45, 2.75) is 38.0 Å². The zero-order valence-corrected chi connectivity index (χ0v) is 16.2. The summed E-state index contributed by atoms with van der Waals surface area (Å²) < 4.78 is 11.4. The second-order valence-electron chi connectivity index (χ2n) is 8.18. The van der Waals surface area contributed by atoms with Crippen molar-refractivity contribution in [2.24, 2.45) is 11.1 Å². The predicted octanol–water partition coefficient (Wildman–Crippen LogP) is 1.21. The minimum atomic E-state index is -0.216. The molecule has 0 radical (unpaired) electrons. The second-order valence-corrected chi connectivity index (χ2v) is 8.18. The molecule has 4 rings (SSSR count). The van der Waals surface area contributed by atoms with E-state index in [1.165, 1.54) is 11.3 Å². The molecule has 3 fully saturated rings. The number of anilines is 1.